The standard InChI is InChI=1S/C17H28N2/c1-14(2)18-13-17-11-7-8-12-19(17)15(3)16-9-5-4-6-10-16/h4-6,9-10,14-15,17-18H,7-8,11-13H2,1-3H3. The predicted molar refractivity (Wildman–Crippen MR) is 82.3 cm³/mol. The van der Waals surface area contributed by atoms with Gasteiger partial charge >= 0.3 is 0 Å². The van der Waals surface area contributed by atoms with Gasteiger partial charge in [0.25, 0.3) is 0 Å². The van der Waals surface area contributed by atoms with Crippen LogP contribution in [0.25, 0.3) is 0 Å². The molecule has 0 aromatic heterocycles. The van der Waals surface area contributed by atoms with Gasteiger partial charge in [0.15, 0.2) is 0 Å². The molecule has 2 unspecified atom stereocenters. The molecular formula is C17H28N2. The Bertz CT molecular complexity index is 361. The Labute approximate surface area is 118 Å². The highest BCUT2D eigenvalue weighted by atomic mass is 15.2. The number of hydrogen-bond donors (Lipinski definition) is 1. The van der Waals surface area contributed by atoms with Crippen molar-refractivity contribution in [3.63, 3.8) is 0 Å². The van der Waals surface area contributed by atoms with E-state index < -0.39 is 0 Å². The molecule has 0 saturated carbocycles. The Morgan fingerprint density at radius 2 is 1.89 bits per heavy atom. The van der Waals surface area contributed by atoms with Crippen LogP contribution in [0, 0.1) is 0 Å². The molecule has 1 aliphatic heterocycles. The monoisotopic (exact) mass is 260 g/mol. The molecule has 2 rings (SSSR count). The molecule has 1 heterocycles. The highest BCUT2D eigenvalue weighted by Gasteiger charge is 2.26. The van der Waals surface area contributed by atoms with Gasteiger partial charge < -0.3 is 5.32 Å². The Morgan fingerprint density at radius 3 is 2.58 bits per heavy atom. The topological polar surface area (TPSA) is 15.3 Å². The maximum atomic E-state index is 3.61. The summed E-state index contributed by atoms with van der Waals surface area (Å²) in [6, 6.07) is 12.7. The van der Waals surface area contributed by atoms with E-state index in [0.29, 0.717) is 18.1 Å². The van der Waals surface area contributed by atoms with Gasteiger partial charge in [0, 0.05) is 24.7 Å². The number of benzene rings is 1. The van der Waals surface area contributed by atoms with Crippen LogP contribution in [0.1, 0.15) is 51.6 Å². The molecule has 0 radical (unpaired) electrons. The third kappa shape index (κ3) is 4.05. The molecule has 2 nitrogen and oxygen atoms in total. The first-order valence-electron chi connectivity index (χ1n) is 7.72. The van der Waals surface area contributed by atoms with Crippen LogP contribution in [-0.2, 0) is 0 Å². The highest BCUT2D eigenvalue weighted by molar-refractivity contribution is 5.18. The fourth-order valence-electron chi connectivity index (χ4n) is 3.05. The number of likely N-dealkylation sites (tertiary alicyclic amines) is 1. The molecule has 1 aromatic carbocycles. The van der Waals surface area contributed by atoms with Crippen molar-refractivity contribution in [2.24, 2.45) is 0 Å². The second-order valence-corrected chi connectivity index (χ2v) is 6.04. The maximum absolute atomic E-state index is 3.61. The highest BCUT2D eigenvalue weighted by Crippen LogP contribution is 2.27. The Kier molecular flexibility index (Phi) is 5.41. The largest absolute Gasteiger partial charge is 0.313 e. The number of hydrogen-bond acceptors (Lipinski definition) is 2. The summed E-state index contributed by atoms with van der Waals surface area (Å²) in [5.74, 6) is 0. The van der Waals surface area contributed by atoms with Gasteiger partial charge in [-0.15, -0.1) is 0 Å². The lowest BCUT2D eigenvalue weighted by Gasteiger charge is -2.40. The SMILES string of the molecule is CC(C)NCC1CCCCN1C(C)c1ccccc1. The van der Waals surface area contributed by atoms with E-state index in [9.17, 15) is 0 Å². The number of nitrogens with zero attached hydrogens (tertiary/aromatic N) is 1. The van der Waals surface area contributed by atoms with Gasteiger partial charge in [0.2, 0.25) is 0 Å². The van der Waals surface area contributed by atoms with Crippen molar-refractivity contribution in [3.05, 3.63) is 35.9 Å². The zero-order chi connectivity index (χ0) is 13.7. The molecule has 2 heteroatoms. The fourth-order valence-corrected chi connectivity index (χ4v) is 3.05. The van der Waals surface area contributed by atoms with Crippen molar-refractivity contribution in [1.29, 1.82) is 0 Å². The average molecular weight is 260 g/mol. The second kappa shape index (κ2) is 7.06. The predicted octanol–water partition coefficient (Wildman–Crippen LogP) is 3.60. The minimum atomic E-state index is 0.528. The van der Waals surface area contributed by atoms with Crippen LogP contribution in [0.4, 0.5) is 0 Å². The first-order chi connectivity index (χ1) is 9.18. The lowest BCUT2D eigenvalue weighted by molar-refractivity contribution is 0.100. The van der Waals surface area contributed by atoms with Crippen molar-refractivity contribution in [2.75, 3.05) is 13.1 Å². The number of nitrogens with one attached hydrogen (secondary N) is 1. The van der Waals surface area contributed by atoms with Crippen molar-refractivity contribution >= 4 is 0 Å². The molecule has 2 atom stereocenters. The number of rotatable bonds is 5. The summed E-state index contributed by atoms with van der Waals surface area (Å²) < 4.78 is 0. The van der Waals surface area contributed by atoms with E-state index in [1.165, 1.54) is 31.4 Å². The second-order valence-electron chi connectivity index (χ2n) is 6.04. The van der Waals surface area contributed by atoms with Crippen LogP contribution in [0.2, 0.25) is 0 Å². The number of piperidine rings is 1. The third-order valence-corrected chi connectivity index (χ3v) is 4.21. The van der Waals surface area contributed by atoms with E-state index in [1.807, 2.05) is 0 Å². The summed E-state index contributed by atoms with van der Waals surface area (Å²) in [7, 11) is 0. The molecule has 1 aromatic rings. The lowest BCUT2D eigenvalue weighted by atomic mass is 9.97. The van der Waals surface area contributed by atoms with Gasteiger partial charge in [-0.25, -0.2) is 0 Å². The normalized spacial score (nSPS) is 22.6. The summed E-state index contributed by atoms with van der Waals surface area (Å²) in [5, 5.41) is 3.61. The first-order valence-corrected chi connectivity index (χ1v) is 7.72. The maximum Gasteiger partial charge on any atom is 0.0323 e. The van der Waals surface area contributed by atoms with Crippen LogP contribution in [0.15, 0.2) is 30.3 Å². The average Bonchev–Trinajstić information content (AvgIpc) is 2.45. The molecule has 1 saturated heterocycles. The molecule has 1 fully saturated rings. The Balaban J connectivity index is 2.02. The molecule has 106 valence electrons. The van der Waals surface area contributed by atoms with Gasteiger partial charge in [0.1, 0.15) is 0 Å². The van der Waals surface area contributed by atoms with E-state index in [1.54, 1.807) is 0 Å². The van der Waals surface area contributed by atoms with Gasteiger partial charge in [-0.05, 0) is 31.9 Å². The summed E-state index contributed by atoms with van der Waals surface area (Å²) in [6.45, 7) is 9.17. The first kappa shape index (κ1) is 14.5. The van der Waals surface area contributed by atoms with E-state index in [2.05, 4.69) is 61.3 Å². The van der Waals surface area contributed by atoms with Gasteiger partial charge in [-0.3, -0.25) is 4.90 Å². The summed E-state index contributed by atoms with van der Waals surface area (Å²) in [6.07, 6.45) is 4.05. The molecule has 1 aliphatic rings. The van der Waals surface area contributed by atoms with Crippen LogP contribution in [-0.4, -0.2) is 30.1 Å². The van der Waals surface area contributed by atoms with E-state index in [0.717, 1.165) is 6.54 Å². The van der Waals surface area contributed by atoms with Crippen molar-refractivity contribution in [1.82, 2.24) is 10.2 Å². The molecule has 0 spiro atoms. The van der Waals surface area contributed by atoms with E-state index in [-0.39, 0.29) is 0 Å². The lowest BCUT2D eigenvalue weighted by Crippen LogP contribution is -2.47. The van der Waals surface area contributed by atoms with Gasteiger partial charge in [0.05, 0.1) is 0 Å². The smallest absolute Gasteiger partial charge is 0.0323 e. The molecule has 19 heavy (non-hydrogen) atoms. The van der Waals surface area contributed by atoms with E-state index in [4.69, 9.17) is 0 Å². The molecule has 1 N–H and O–H groups in total. The fraction of sp³-hybridized carbons (Fsp3) is 0.647. The summed E-state index contributed by atoms with van der Waals surface area (Å²) in [5.41, 5.74) is 1.44. The van der Waals surface area contributed by atoms with E-state index >= 15 is 0 Å². The minimum absolute atomic E-state index is 0.528. The van der Waals surface area contributed by atoms with Gasteiger partial charge in [-0.2, -0.15) is 0 Å². The van der Waals surface area contributed by atoms with Crippen LogP contribution < -0.4 is 5.32 Å². The third-order valence-electron chi connectivity index (χ3n) is 4.21. The summed E-state index contributed by atoms with van der Waals surface area (Å²) in [4.78, 5) is 2.69. The summed E-state index contributed by atoms with van der Waals surface area (Å²) >= 11 is 0. The van der Waals surface area contributed by atoms with Crippen molar-refractivity contribution < 1.29 is 0 Å². The minimum Gasteiger partial charge on any atom is -0.313 e. The molecular weight excluding hydrogens is 232 g/mol. The van der Waals surface area contributed by atoms with Crippen molar-refractivity contribution in [3.8, 4) is 0 Å². The zero-order valence-corrected chi connectivity index (χ0v) is 12.6. The van der Waals surface area contributed by atoms with Crippen LogP contribution in [0.5, 0.6) is 0 Å². The van der Waals surface area contributed by atoms with Crippen LogP contribution in [0.3, 0.4) is 0 Å². The Morgan fingerprint density at radius 1 is 1.16 bits per heavy atom. The quantitative estimate of drug-likeness (QED) is 0.870. The Hall–Kier alpha value is -0.860. The molecule has 0 amide bonds. The van der Waals surface area contributed by atoms with Crippen LogP contribution >= 0.6 is 0 Å². The van der Waals surface area contributed by atoms with Gasteiger partial charge in [-0.1, -0.05) is 50.6 Å². The van der Waals surface area contributed by atoms with Crippen molar-refractivity contribution in [2.45, 2.75) is 58.2 Å². The molecule has 0 aliphatic carbocycles. The zero-order valence-electron chi connectivity index (χ0n) is 12.6. The molecule has 0 bridgehead atoms.